The van der Waals surface area contributed by atoms with Crippen molar-refractivity contribution in [2.75, 3.05) is 7.11 Å². The fourth-order valence-corrected chi connectivity index (χ4v) is 2.04. The van der Waals surface area contributed by atoms with Crippen LogP contribution in [0, 0.1) is 0 Å². The topological polar surface area (TPSA) is 47.9 Å². The number of hydrogen-bond acceptors (Lipinski definition) is 5. The lowest BCUT2D eigenvalue weighted by Crippen LogP contribution is -1.91. The lowest BCUT2D eigenvalue weighted by atomic mass is 10.4. The summed E-state index contributed by atoms with van der Waals surface area (Å²) in [5.74, 6) is 0.910. The van der Waals surface area contributed by atoms with Gasteiger partial charge in [-0.3, -0.25) is 0 Å². The largest absolute Gasteiger partial charge is 0.480 e. The molecule has 0 aromatic carbocycles. The van der Waals surface area contributed by atoms with E-state index in [1.165, 1.54) is 11.3 Å². The normalized spacial score (nSPS) is 10.3. The van der Waals surface area contributed by atoms with Crippen LogP contribution in [0.2, 0.25) is 0 Å². The van der Waals surface area contributed by atoms with Crippen LogP contribution in [-0.4, -0.2) is 22.3 Å². The Balaban J connectivity index is 2.28. The molecule has 0 saturated heterocycles. The minimum atomic E-state index is 0.417. The lowest BCUT2D eigenvalue weighted by molar-refractivity contribution is 0.392. The van der Waals surface area contributed by atoms with Gasteiger partial charge < -0.3 is 4.74 Å². The number of alkyl halides is 1. The van der Waals surface area contributed by atoms with Gasteiger partial charge in [-0.05, 0) is 6.07 Å². The number of methoxy groups -OCH3 is 1. The highest BCUT2D eigenvalue weighted by Gasteiger charge is 2.06. The molecule has 0 aliphatic rings. The highest BCUT2D eigenvalue weighted by atomic mass is 35.5. The molecule has 0 amide bonds. The van der Waals surface area contributed by atoms with Crippen LogP contribution in [0.5, 0.6) is 5.88 Å². The minimum absolute atomic E-state index is 0.417. The Hall–Kier alpha value is -1.20. The summed E-state index contributed by atoms with van der Waals surface area (Å²) in [6.45, 7) is 0. The number of ether oxygens (including phenoxy) is 1. The van der Waals surface area contributed by atoms with Gasteiger partial charge in [0.15, 0.2) is 0 Å². The third kappa shape index (κ3) is 2.24. The first-order chi connectivity index (χ1) is 7.33. The average molecular weight is 242 g/mol. The summed E-state index contributed by atoms with van der Waals surface area (Å²) in [5, 5.41) is 10.6. The van der Waals surface area contributed by atoms with Crippen molar-refractivity contribution in [3.05, 3.63) is 23.2 Å². The summed E-state index contributed by atoms with van der Waals surface area (Å²) in [7, 11) is 1.55. The maximum Gasteiger partial charge on any atom is 0.233 e. The van der Waals surface area contributed by atoms with Crippen LogP contribution in [0.1, 0.15) is 5.69 Å². The first-order valence-electron chi connectivity index (χ1n) is 4.22. The smallest absolute Gasteiger partial charge is 0.233 e. The molecule has 0 aliphatic heterocycles. The molecule has 0 spiro atoms. The van der Waals surface area contributed by atoms with Gasteiger partial charge in [0.25, 0.3) is 0 Å². The van der Waals surface area contributed by atoms with Crippen molar-refractivity contribution < 1.29 is 4.74 Å². The van der Waals surface area contributed by atoms with Crippen LogP contribution < -0.4 is 4.74 Å². The van der Waals surface area contributed by atoms with Crippen LogP contribution in [0.25, 0.3) is 10.7 Å². The first kappa shape index (κ1) is 10.3. The van der Waals surface area contributed by atoms with E-state index in [-0.39, 0.29) is 0 Å². The predicted octanol–water partition coefficient (Wildman–Crippen LogP) is 2.35. The van der Waals surface area contributed by atoms with E-state index < -0.39 is 0 Å². The second-order valence-corrected chi connectivity index (χ2v) is 3.86. The summed E-state index contributed by atoms with van der Waals surface area (Å²) in [5.41, 5.74) is 1.59. The average Bonchev–Trinajstić information content (AvgIpc) is 2.78. The number of aromatic nitrogens is 3. The molecule has 15 heavy (non-hydrogen) atoms. The van der Waals surface area contributed by atoms with Crippen molar-refractivity contribution in [1.82, 2.24) is 15.2 Å². The molecule has 0 aliphatic carbocycles. The van der Waals surface area contributed by atoms with Gasteiger partial charge in [0, 0.05) is 11.4 Å². The standard InChI is InChI=1S/C9H8ClN3OS/c1-14-8-3-2-7(12-13-8)9-11-6(4-10)5-15-9/h2-3,5H,4H2,1H3. The zero-order valence-electron chi connectivity index (χ0n) is 7.98. The highest BCUT2D eigenvalue weighted by molar-refractivity contribution is 7.13. The number of halogens is 1. The third-order valence-electron chi connectivity index (χ3n) is 1.76. The molecule has 2 aromatic heterocycles. The number of thiazole rings is 1. The summed E-state index contributed by atoms with van der Waals surface area (Å²) >= 11 is 7.17. The monoisotopic (exact) mass is 241 g/mol. The van der Waals surface area contributed by atoms with Gasteiger partial charge in [-0.1, -0.05) is 0 Å². The first-order valence-corrected chi connectivity index (χ1v) is 5.63. The Labute approximate surface area is 95.9 Å². The van der Waals surface area contributed by atoms with E-state index in [1.807, 2.05) is 11.4 Å². The predicted molar refractivity (Wildman–Crippen MR) is 59.2 cm³/mol. The van der Waals surface area contributed by atoms with Crippen LogP contribution in [0.4, 0.5) is 0 Å². The van der Waals surface area contributed by atoms with Crippen molar-refractivity contribution in [2.24, 2.45) is 0 Å². The van der Waals surface area contributed by atoms with E-state index in [9.17, 15) is 0 Å². The van der Waals surface area contributed by atoms with E-state index in [4.69, 9.17) is 16.3 Å². The molecule has 0 bridgehead atoms. The molecule has 6 heteroatoms. The maximum atomic E-state index is 5.66. The molecule has 2 rings (SSSR count). The van der Waals surface area contributed by atoms with Crippen molar-refractivity contribution in [3.63, 3.8) is 0 Å². The van der Waals surface area contributed by atoms with Gasteiger partial charge >= 0.3 is 0 Å². The van der Waals surface area contributed by atoms with E-state index in [2.05, 4.69) is 15.2 Å². The van der Waals surface area contributed by atoms with Crippen LogP contribution in [0.3, 0.4) is 0 Å². The van der Waals surface area contributed by atoms with Gasteiger partial charge in [-0.25, -0.2) is 4.98 Å². The molecule has 0 saturated carbocycles. The molecular formula is C9H8ClN3OS. The van der Waals surface area contributed by atoms with E-state index in [0.29, 0.717) is 11.8 Å². The van der Waals surface area contributed by atoms with Crippen molar-refractivity contribution >= 4 is 22.9 Å². The molecule has 4 nitrogen and oxygen atoms in total. The van der Waals surface area contributed by atoms with Crippen molar-refractivity contribution in [1.29, 1.82) is 0 Å². The Bertz CT molecular complexity index is 443. The molecular weight excluding hydrogens is 234 g/mol. The van der Waals surface area contributed by atoms with Gasteiger partial charge in [-0.15, -0.1) is 33.1 Å². The third-order valence-corrected chi connectivity index (χ3v) is 2.94. The van der Waals surface area contributed by atoms with Crippen LogP contribution in [-0.2, 0) is 5.88 Å². The number of hydrogen-bond donors (Lipinski definition) is 0. The second-order valence-electron chi connectivity index (χ2n) is 2.74. The van der Waals surface area contributed by atoms with Crippen molar-refractivity contribution in [3.8, 4) is 16.6 Å². The molecule has 0 unspecified atom stereocenters. The SMILES string of the molecule is COc1ccc(-c2nc(CCl)cs2)nn1. The minimum Gasteiger partial charge on any atom is -0.480 e. The van der Waals surface area contributed by atoms with E-state index >= 15 is 0 Å². The highest BCUT2D eigenvalue weighted by Crippen LogP contribution is 2.22. The summed E-state index contributed by atoms with van der Waals surface area (Å²) in [6, 6.07) is 3.58. The van der Waals surface area contributed by atoms with Crippen molar-refractivity contribution in [2.45, 2.75) is 5.88 Å². The Morgan fingerprint density at radius 1 is 1.40 bits per heavy atom. The van der Waals surface area contributed by atoms with Gasteiger partial charge in [0.1, 0.15) is 10.7 Å². The zero-order chi connectivity index (χ0) is 10.7. The fourth-order valence-electron chi connectivity index (χ4n) is 1.03. The molecule has 2 aromatic rings. The molecule has 78 valence electrons. The van der Waals surface area contributed by atoms with Crippen LogP contribution in [0.15, 0.2) is 17.5 Å². The summed E-state index contributed by atoms with van der Waals surface area (Å²) in [6.07, 6.45) is 0. The van der Waals surface area contributed by atoms with Crippen LogP contribution >= 0.6 is 22.9 Å². The molecule has 0 atom stereocenters. The maximum absolute atomic E-state index is 5.66. The fraction of sp³-hybridized carbons (Fsp3) is 0.222. The quantitative estimate of drug-likeness (QED) is 0.774. The van der Waals surface area contributed by atoms with E-state index in [0.717, 1.165) is 16.4 Å². The lowest BCUT2D eigenvalue weighted by Gasteiger charge is -1.97. The Kier molecular flexibility index (Phi) is 3.13. The number of rotatable bonds is 3. The van der Waals surface area contributed by atoms with Gasteiger partial charge in [0.05, 0.1) is 18.7 Å². The zero-order valence-corrected chi connectivity index (χ0v) is 9.55. The van der Waals surface area contributed by atoms with E-state index in [1.54, 1.807) is 13.2 Å². The Morgan fingerprint density at radius 2 is 2.27 bits per heavy atom. The second kappa shape index (κ2) is 4.55. The summed E-state index contributed by atoms with van der Waals surface area (Å²) < 4.78 is 4.92. The molecule has 0 N–H and O–H groups in total. The molecule has 0 fully saturated rings. The number of nitrogens with zero attached hydrogens (tertiary/aromatic N) is 3. The van der Waals surface area contributed by atoms with Gasteiger partial charge in [0.2, 0.25) is 5.88 Å². The van der Waals surface area contributed by atoms with Gasteiger partial charge in [-0.2, -0.15) is 0 Å². The molecule has 2 heterocycles. The Morgan fingerprint density at radius 3 is 2.80 bits per heavy atom. The summed E-state index contributed by atoms with van der Waals surface area (Å²) in [4.78, 5) is 4.30. The molecule has 0 radical (unpaired) electrons.